The van der Waals surface area contributed by atoms with Crippen LogP contribution in [0.25, 0.3) is 0 Å². The van der Waals surface area contributed by atoms with Crippen LogP contribution in [-0.2, 0) is 0 Å². The maximum Gasteiger partial charge on any atom is 0.00902 e. The summed E-state index contributed by atoms with van der Waals surface area (Å²) in [5.74, 6) is 1.69. The van der Waals surface area contributed by atoms with E-state index in [-0.39, 0.29) is 0 Å². The first kappa shape index (κ1) is 16.0. The van der Waals surface area contributed by atoms with Gasteiger partial charge in [-0.05, 0) is 51.0 Å². The van der Waals surface area contributed by atoms with Gasteiger partial charge in [0.1, 0.15) is 0 Å². The van der Waals surface area contributed by atoms with Gasteiger partial charge in [0, 0.05) is 25.2 Å². The van der Waals surface area contributed by atoms with E-state index in [1.54, 1.807) is 0 Å². The molecule has 0 saturated carbocycles. The standard InChI is InChI=1S/C16H34N2/c1-6-16(7-2)18(11-13(3)4)12-15-8-9-17-14(5)10-15/h13-17H,6-12H2,1-5H3. The number of nitrogens with zero attached hydrogens (tertiary/aromatic N) is 1. The lowest BCUT2D eigenvalue weighted by Crippen LogP contribution is -2.44. The van der Waals surface area contributed by atoms with Crippen LogP contribution in [0.5, 0.6) is 0 Å². The van der Waals surface area contributed by atoms with Crippen molar-refractivity contribution >= 4 is 0 Å². The molecule has 0 bridgehead atoms. The topological polar surface area (TPSA) is 15.3 Å². The Labute approximate surface area is 115 Å². The smallest absolute Gasteiger partial charge is 0.00902 e. The minimum absolute atomic E-state index is 0.714. The second-order valence-electron chi connectivity index (χ2n) is 6.56. The summed E-state index contributed by atoms with van der Waals surface area (Å²) in [4.78, 5) is 2.77. The summed E-state index contributed by atoms with van der Waals surface area (Å²) in [6, 6.07) is 1.50. The lowest BCUT2D eigenvalue weighted by atomic mass is 9.91. The van der Waals surface area contributed by atoms with Crippen molar-refractivity contribution in [3.63, 3.8) is 0 Å². The van der Waals surface area contributed by atoms with Crippen molar-refractivity contribution in [1.29, 1.82) is 0 Å². The molecule has 1 aliphatic rings. The molecule has 18 heavy (non-hydrogen) atoms. The van der Waals surface area contributed by atoms with Gasteiger partial charge in [-0.15, -0.1) is 0 Å². The lowest BCUT2D eigenvalue weighted by Gasteiger charge is -2.37. The fourth-order valence-corrected chi connectivity index (χ4v) is 3.38. The zero-order chi connectivity index (χ0) is 13.5. The van der Waals surface area contributed by atoms with Crippen LogP contribution in [0.1, 0.15) is 60.3 Å². The average molecular weight is 254 g/mol. The van der Waals surface area contributed by atoms with E-state index >= 15 is 0 Å². The normalized spacial score (nSPS) is 25.3. The summed E-state index contributed by atoms with van der Waals surface area (Å²) >= 11 is 0. The van der Waals surface area contributed by atoms with Crippen LogP contribution in [0.4, 0.5) is 0 Å². The van der Waals surface area contributed by atoms with Crippen LogP contribution in [0.15, 0.2) is 0 Å². The summed E-state index contributed by atoms with van der Waals surface area (Å²) in [6.07, 6.45) is 5.31. The van der Waals surface area contributed by atoms with Crippen LogP contribution in [0, 0.1) is 11.8 Å². The molecule has 2 heteroatoms. The Balaban J connectivity index is 2.53. The van der Waals surface area contributed by atoms with Crippen molar-refractivity contribution in [1.82, 2.24) is 10.2 Å². The number of hydrogen-bond acceptors (Lipinski definition) is 2. The van der Waals surface area contributed by atoms with Gasteiger partial charge in [0.05, 0.1) is 0 Å². The summed E-state index contributed by atoms with van der Waals surface area (Å²) in [5.41, 5.74) is 0. The van der Waals surface area contributed by atoms with Gasteiger partial charge >= 0.3 is 0 Å². The number of hydrogen-bond donors (Lipinski definition) is 1. The van der Waals surface area contributed by atoms with Crippen molar-refractivity contribution in [2.75, 3.05) is 19.6 Å². The quantitative estimate of drug-likeness (QED) is 0.748. The third-order valence-corrected chi connectivity index (χ3v) is 4.28. The minimum atomic E-state index is 0.714. The van der Waals surface area contributed by atoms with Gasteiger partial charge in [0.2, 0.25) is 0 Å². The Hall–Kier alpha value is -0.0800. The van der Waals surface area contributed by atoms with Gasteiger partial charge in [-0.25, -0.2) is 0 Å². The zero-order valence-corrected chi connectivity index (χ0v) is 13.2. The molecule has 0 spiro atoms. The third kappa shape index (κ3) is 5.27. The van der Waals surface area contributed by atoms with E-state index in [9.17, 15) is 0 Å². The van der Waals surface area contributed by atoms with Crippen LogP contribution < -0.4 is 5.32 Å². The molecule has 1 fully saturated rings. The number of piperidine rings is 1. The molecule has 1 saturated heterocycles. The highest BCUT2D eigenvalue weighted by atomic mass is 15.2. The molecule has 0 amide bonds. The molecule has 0 aliphatic carbocycles. The molecule has 1 rings (SSSR count). The summed E-state index contributed by atoms with van der Waals surface area (Å²) < 4.78 is 0. The second-order valence-corrected chi connectivity index (χ2v) is 6.56. The summed E-state index contributed by atoms with van der Waals surface area (Å²) in [5, 5.41) is 3.56. The van der Waals surface area contributed by atoms with Crippen LogP contribution in [0.2, 0.25) is 0 Å². The maximum atomic E-state index is 3.56. The Morgan fingerprint density at radius 3 is 2.39 bits per heavy atom. The van der Waals surface area contributed by atoms with Gasteiger partial charge in [0.15, 0.2) is 0 Å². The van der Waals surface area contributed by atoms with E-state index in [2.05, 4.69) is 44.8 Å². The maximum absolute atomic E-state index is 3.56. The van der Waals surface area contributed by atoms with Crippen LogP contribution >= 0.6 is 0 Å². The number of rotatable bonds is 7. The fraction of sp³-hybridized carbons (Fsp3) is 1.00. The average Bonchev–Trinajstić information content (AvgIpc) is 2.29. The highest BCUT2D eigenvalue weighted by Gasteiger charge is 2.24. The van der Waals surface area contributed by atoms with Gasteiger partial charge in [-0.1, -0.05) is 27.7 Å². The van der Waals surface area contributed by atoms with E-state index in [0.717, 1.165) is 17.9 Å². The molecule has 2 atom stereocenters. The molecule has 0 radical (unpaired) electrons. The van der Waals surface area contributed by atoms with E-state index in [1.165, 1.54) is 45.3 Å². The SMILES string of the molecule is CCC(CC)N(CC(C)C)CC1CCNC(C)C1. The predicted molar refractivity (Wildman–Crippen MR) is 81.0 cm³/mol. The second kappa shape index (κ2) is 8.16. The first-order valence-electron chi connectivity index (χ1n) is 8.04. The van der Waals surface area contributed by atoms with Crippen molar-refractivity contribution < 1.29 is 0 Å². The van der Waals surface area contributed by atoms with Gasteiger partial charge in [-0.2, -0.15) is 0 Å². The van der Waals surface area contributed by atoms with Gasteiger partial charge in [0.25, 0.3) is 0 Å². The Morgan fingerprint density at radius 2 is 1.89 bits per heavy atom. The Bertz CT molecular complexity index is 211. The molecule has 0 aromatic rings. The lowest BCUT2D eigenvalue weighted by molar-refractivity contribution is 0.123. The van der Waals surface area contributed by atoms with E-state index in [4.69, 9.17) is 0 Å². The summed E-state index contributed by atoms with van der Waals surface area (Å²) in [6.45, 7) is 15.5. The first-order chi connectivity index (χ1) is 8.56. The molecule has 0 aromatic heterocycles. The molecule has 1 N–H and O–H groups in total. The van der Waals surface area contributed by atoms with E-state index in [0.29, 0.717) is 6.04 Å². The largest absolute Gasteiger partial charge is 0.314 e. The van der Waals surface area contributed by atoms with Gasteiger partial charge in [-0.3, -0.25) is 4.90 Å². The number of nitrogens with one attached hydrogen (secondary N) is 1. The monoisotopic (exact) mass is 254 g/mol. The van der Waals surface area contributed by atoms with Crippen molar-refractivity contribution in [2.45, 2.75) is 72.4 Å². The minimum Gasteiger partial charge on any atom is -0.314 e. The van der Waals surface area contributed by atoms with E-state index < -0.39 is 0 Å². The van der Waals surface area contributed by atoms with Crippen molar-refractivity contribution in [2.24, 2.45) is 11.8 Å². The van der Waals surface area contributed by atoms with Crippen molar-refractivity contribution in [3.8, 4) is 0 Å². The fourth-order valence-electron chi connectivity index (χ4n) is 3.38. The Morgan fingerprint density at radius 1 is 1.22 bits per heavy atom. The predicted octanol–water partition coefficient (Wildman–Crippen LogP) is 3.52. The molecule has 2 unspecified atom stereocenters. The van der Waals surface area contributed by atoms with Crippen LogP contribution in [-0.4, -0.2) is 36.6 Å². The first-order valence-corrected chi connectivity index (χ1v) is 8.04. The van der Waals surface area contributed by atoms with E-state index in [1.807, 2.05) is 0 Å². The molecule has 1 heterocycles. The molecule has 108 valence electrons. The van der Waals surface area contributed by atoms with Crippen molar-refractivity contribution in [3.05, 3.63) is 0 Å². The molecular formula is C16H34N2. The summed E-state index contributed by atoms with van der Waals surface area (Å²) in [7, 11) is 0. The molecular weight excluding hydrogens is 220 g/mol. The van der Waals surface area contributed by atoms with Gasteiger partial charge < -0.3 is 5.32 Å². The highest BCUT2D eigenvalue weighted by molar-refractivity contribution is 4.80. The highest BCUT2D eigenvalue weighted by Crippen LogP contribution is 2.21. The Kier molecular flexibility index (Phi) is 7.25. The molecule has 0 aromatic carbocycles. The zero-order valence-electron chi connectivity index (χ0n) is 13.2. The van der Waals surface area contributed by atoms with Crippen LogP contribution in [0.3, 0.4) is 0 Å². The third-order valence-electron chi connectivity index (χ3n) is 4.28. The molecule has 1 aliphatic heterocycles. The molecule has 2 nitrogen and oxygen atoms in total.